The number of amides is 2. The number of hydrogen-bond donors (Lipinski definition) is 0. The molecule has 5 nitrogen and oxygen atoms in total. The van der Waals surface area contributed by atoms with Gasteiger partial charge in [-0.05, 0) is 54.1 Å². The third-order valence-electron chi connectivity index (χ3n) is 6.13. The number of hydrogen-bond acceptors (Lipinski definition) is 4. The number of rotatable bonds is 3. The van der Waals surface area contributed by atoms with Gasteiger partial charge in [0.2, 0.25) is 0 Å². The Kier molecular flexibility index (Phi) is 5.04. The van der Waals surface area contributed by atoms with Crippen LogP contribution in [0.3, 0.4) is 0 Å². The standard InChI is InChI=1S/C27H21N3O2/c28-18-21-6-5-20(24-3-1-2-4-25(21)24)17-19-13-15-29(16-14-19)22-7-9-23(10-8-22)30-26(31)11-12-27(30)32/h1-12,17H,13-16H2. The van der Waals surface area contributed by atoms with Crippen molar-refractivity contribution in [1.82, 2.24) is 0 Å². The SMILES string of the molecule is N#Cc1ccc(C=C2CCN(c3ccc(N4C(=O)C=CC4=O)cc3)CC2)c2ccccc12. The second-order valence-corrected chi connectivity index (χ2v) is 8.01. The van der Waals surface area contributed by atoms with Crippen molar-refractivity contribution in [2.24, 2.45) is 0 Å². The molecule has 2 aliphatic rings. The Balaban J connectivity index is 1.30. The fourth-order valence-corrected chi connectivity index (χ4v) is 4.43. The van der Waals surface area contributed by atoms with Crippen molar-refractivity contribution in [1.29, 1.82) is 5.26 Å². The van der Waals surface area contributed by atoms with Crippen LogP contribution in [0, 0.1) is 11.3 Å². The maximum absolute atomic E-state index is 11.9. The van der Waals surface area contributed by atoms with Crippen LogP contribution in [0.5, 0.6) is 0 Å². The smallest absolute Gasteiger partial charge is 0.258 e. The minimum Gasteiger partial charge on any atom is -0.371 e. The van der Waals surface area contributed by atoms with Crippen molar-refractivity contribution in [3.8, 4) is 6.07 Å². The summed E-state index contributed by atoms with van der Waals surface area (Å²) in [7, 11) is 0. The number of carbonyl (C=O) groups is 2. The highest BCUT2D eigenvalue weighted by Crippen LogP contribution is 2.29. The normalized spacial score (nSPS) is 16.0. The molecule has 0 aliphatic carbocycles. The van der Waals surface area contributed by atoms with E-state index >= 15 is 0 Å². The molecule has 156 valence electrons. The molecule has 2 amide bonds. The molecule has 0 unspecified atom stereocenters. The van der Waals surface area contributed by atoms with Crippen LogP contribution in [0.15, 0.2) is 78.4 Å². The first-order valence-electron chi connectivity index (χ1n) is 10.7. The van der Waals surface area contributed by atoms with Gasteiger partial charge in [-0.1, -0.05) is 42.0 Å². The number of carbonyl (C=O) groups excluding carboxylic acids is 2. The van der Waals surface area contributed by atoms with Crippen LogP contribution in [0.2, 0.25) is 0 Å². The van der Waals surface area contributed by atoms with E-state index in [9.17, 15) is 14.9 Å². The summed E-state index contributed by atoms with van der Waals surface area (Å²) in [5, 5.41) is 11.5. The summed E-state index contributed by atoms with van der Waals surface area (Å²) in [6.45, 7) is 1.81. The number of piperidine rings is 1. The largest absolute Gasteiger partial charge is 0.371 e. The van der Waals surface area contributed by atoms with Crippen molar-refractivity contribution in [3.63, 3.8) is 0 Å². The van der Waals surface area contributed by atoms with Crippen LogP contribution >= 0.6 is 0 Å². The zero-order valence-electron chi connectivity index (χ0n) is 17.5. The number of anilines is 2. The van der Waals surface area contributed by atoms with Crippen molar-refractivity contribution in [2.45, 2.75) is 12.8 Å². The molecule has 3 aromatic rings. The second-order valence-electron chi connectivity index (χ2n) is 8.01. The Hall–Kier alpha value is -4.17. The first-order chi connectivity index (χ1) is 15.6. The maximum Gasteiger partial charge on any atom is 0.258 e. The van der Waals surface area contributed by atoms with Crippen molar-refractivity contribution in [2.75, 3.05) is 22.9 Å². The number of fused-ring (bicyclic) bond motifs is 1. The van der Waals surface area contributed by atoms with E-state index in [4.69, 9.17) is 0 Å². The van der Waals surface area contributed by atoms with Gasteiger partial charge in [-0.25, -0.2) is 4.90 Å². The monoisotopic (exact) mass is 419 g/mol. The average Bonchev–Trinajstić information content (AvgIpc) is 3.18. The fourth-order valence-electron chi connectivity index (χ4n) is 4.43. The number of nitrogens with zero attached hydrogens (tertiary/aromatic N) is 3. The molecule has 0 N–H and O–H groups in total. The zero-order valence-corrected chi connectivity index (χ0v) is 17.5. The lowest BCUT2D eigenvalue weighted by molar-refractivity contribution is -0.119. The van der Waals surface area contributed by atoms with Crippen molar-refractivity contribution >= 4 is 40.0 Å². The molecule has 2 heterocycles. The predicted octanol–water partition coefficient (Wildman–Crippen LogP) is 4.82. The highest BCUT2D eigenvalue weighted by molar-refractivity contribution is 6.28. The molecule has 0 bridgehead atoms. The van der Waals surface area contributed by atoms with Gasteiger partial charge in [-0.2, -0.15) is 5.26 Å². The van der Waals surface area contributed by atoms with Gasteiger partial charge >= 0.3 is 0 Å². The lowest BCUT2D eigenvalue weighted by Gasteiger charge is -2.31. The van der Waals surface area contributed by atoms with Gasteiger partial charge in [-0.3, -0.25) is 9.59 Å². The molecule has 0 radical (unpaired) electrons. The van der Waals surface area contributed by atoms with Crippen LogP contribution < -0.4 is 9.80 Å². The third kappa shape index (κ3) is 3.57. The van der Waals surface area contributed by atoms with E-state index in [0.717, 1.165) is 48.0 Å². The van der Waals surface area contributed by atoms with Crippen LogP contribution in [-0.4, -0.2) is 24.9 Å². The van der Waals surface area contributed by atoms with E-state index in [0.29, 0.717) is 11.3 Å². The molecule has 5 heteroatoms. The highest BCUT2D eigenvalue weighted by atomic mass is 16.2. The molecular weight excluding hydrogens is 398 g/mol. The average molecular weight is 419 g/mol. The molecule has 0 aromatic heterocycles. The van der Waals surface area contributed by atoms with Crippen molar-refractivity contribution in [3.05, 3.63) is 89.5 Å². The summed E-state index contributed by atoms with van der Waals surface area (Å²) in [5.74, 6) is -0.600. The lowest BCUT2D eigenvalue weighted by atomic mass is 9.95. The van der Waals surface area contributed by atoms with E-state index in [1.807, 2.05) is 54.6 Å². The molecule has 0 atom stereocenters. The topological polar surface area (TPSA) is 64.4 Å². The predicted molar refractivity (Wildman–Crippen MR) is 126 cm³/mol. The first-order valence-corrected chi connectivity index (χ1v) is 10.7. The molecule has 5 rings (SSSR count). The van der Waals surface area contributed by atoms with Gasteiger partial charge in [0.05, 0.1) is 17.3 Å². The van der Waals surface area contributed by atoms with Gasteiger partial charge < -0.3 is 4.90 Å². The van der Waals surface area contributed by atoms with Gasteiger partial charge in [0.1, 0.15) is 0 Å². The van der Waals surface area contributed by atoms with Crippen LogP contribution in [0.25, 0.3) is 16.8 Å². The fraction of sp³-hybridized carbons (Fsp3) is 0.148. The van der Waals surface area contributed by atoms with Gasteiger partial charge in [0.15, 0.2) is 0 Å². The van der Waals surface area contributed by atoms with Crippen LogP contribution in [0.1, 0.15) is 24.0 Å². The molecule has 1 fully saturated rings. The van der Waals surface area contributed by atoms with Crippen LogP contribution in [0.4, 0.5) is 11.4 Å². The Bertz CT molecular complexity index is 1300. The van der Waals surface area contributed by atoms with E-state index in [2.05, 4.69) is 23.1 Å². The van der Waals surface area contributed by atoms with Crippen LogP contribution in [-0.2, 0) is 9.59 Å². The molecule has 3 aromatic carbocycles. The second kappa shape index (κ2) is 8.16. The molecule has 2 aliphatic heterocycles. The summed E-state index contributed by atoms with van der Waals surface area (Å²) in [5.41, 5.74) is 4.94. The number of imide groups is 1. The molecule has 0 spiro atoms. The Morgan fingerprint density at radius 2 is 1.41 bits per heavy atom. The van der Waals surface area contributed by atoms with E-state index in [1.165, 1.54) is 22.6 Å². The highest BCUT2D eigenvalue weighted by Gasteiger charge is 2.25. The number of nitriles is 1. The van der Waals surface area contributed by atoms with Gasteiger partial charge in [-0.15, -0.1) is 0 Å². The quantitative estimate of drug-likeness (QED) is 0.571. The maximum atomic E-state index is 11.9. The summed E-state index contributed by atoms with van der Waals surface area (Å²) < 4.78 is 0. The molecular formula is C27H21N3O2. The summed E-state index contributed by atoms with van der Waals surface area (Å²) >= 11 is 0. The molecule has 0 saturated carbocycles. The molecule has 1 saturated heterocycles. The minimum atomic E-state index is -0.300. The zero-order chi connectivity index (χ0) is 22.1. The Labute approximate surface area is 186 Å². The minimum absolute atomic E-state index is 0.300. The first kappa shape index (κ1) is 19.8. The van der Waals surface area contributed by atoms with E-state index in [1.54, 1.807) is 0 Å². The third-order valence-corrected chi connectivity index (χ3v) is 6.13. The lowest BCUT2D eigenvalue weighted by Crippen LogP contribution is -2.31. The Morgan fingerprint density at radius 3 is 2.06 bits per heavy atom. The summed E-state index contributed by atoms with van der Waals surface area (Å²) in [4.78, 5) is 27.2. The van der Waals surface area contributed by atoms with E-state index < -0.39 is 0 Å². The van der Waals surface area contributed by atoms with Gasteiger partial charge in [0, 0.05) is 36.3 Å². The van der Waals surface area contributed by atoms with E-state index in [-0.39, 0.29) is 11.8 Å². The molecule has 32 heavy (non-hydrogen) atoms. The van der Waals surface area contributed by atoms with Crippen molar-refractivity contribution < 1.29 is 9.59 Å². The Morgan fingerprint density at radius 1 is 0.781 bits per heavy atom. The van der Waals surface area contributed by atoms with Gasteiger partial charge in [0.25, 0.3) is 11.8 Å². The summed E-state index contributed by atoms with van der Waals surface area (Å²) in [6.07, 6.45) is 6.78. The summed E-state index contributed by atoms with van der Waals surface area (Å²) in [6, 6.07) is 21.9. The number of benzene rings is 3.